The number of amides is 1. The Bertz CT molecular complexity index is 783. The number of carbonyl (C=O) groups is 1. The van der Waals surface area contributed by atoms with Crippen LogP contribution in [0.2, 0.25) is 5.02 Å². The zero-order valence-corrected chi connectivity index (χ0v) is 17.7. The normalized spacial score (nSPS) is 20.1. The maximum absolute atomic E-state index is 12.9. The Labute approximate surface area is 173 Å². The van der Waals surface area contributed by atoms with Crippen molar-refractivity contribution in [1.29, 1.82) is 0 Å². The molecular formula is C23H29ClN2O2. The van der Waals surface area contributed by atoms with Gasteiger partial charge >= 0.3 is 0 Å². The highest BCUT2D eigenvalue weighted by Gasteiger charge is 2.22. The largest absolute Gasteiger partial charge is 0.373 e. The minimum absolute atomic E-state index is 0.0302. The predicted octanol–water partition coefficient (Wildman–Crippen LogP) is 4.61. The summed E-state index contributed by atoms with van der Waals surface area (Å²) in [6, 6.07) is 15.6. The van der Waals surface area contributed by atoms with Crippen molar-refractivity contribution >= 4 is 17.5 Å². The van der Waals surface area contributed by atoms with Gasteiger partial charge < -0.3 is 9.64 Å². The van der Waals surface area contributed by atoms with Crippen LogP contribution < -0.4 is 0 Å². The Kier molecular flexibility index (Phi) is 7.11. The van der Waals surface area contributed by atoms with Gasteiger partial charge in [-0.25, -0.2) is 0 Å². The Morgan fingerprint density at radius 1 is 1.11 bits per heavy atom. The fourth-order valence-electron chi connectivity index (χ4n) is 3.77. The van der Waals surface area contributed by atoms with E-state index < -0.39 is 0 Å². The van der Waals surface area contributed by atoms with E-state index in [9.17, 15) is 4.79 Å². The van der Waals surface area contributed by atoms with E-state index in [4.69, 9.17) is 16.3 Å². The lowest BCUT2D eigenvalue weighted by atomic mass is 10.1. The van der Waals surface area contributed by atoms with Gasteiger partial charge in [-0.1, -0.05) is 41.9 Å². The lowest BCUT2D eigenvalue weighted by Gasteiger charge is -2.35. The molecule has 0 bridgehead atoms. The molecule has 3 rings (SSSR count). The molecular weight excluding hydrogens is 372 g/mol. The molecule has 2 atom stereocenters. The van der Waals surface area contributed by atoms with Crippen LogP contribution in [0, 0.1) is 0 Å². The van der Waals surface area contributed by atoms with E-state index in [1.165, 1.54) is 5.56 Å². The molecule has 0 saturated carbocycles. The molecule has 28 heavy (non-hydrogen) atoms. The molecule has 0 radical (unpaired) electrons. The van der Waals surface area contributed by atoms with Crippen LogP contribution in [0.25, 0.3) is 0 Å². The minimum Gasteiger partial charge on any atom is -0.373 e. The zero-order chi connectivity index (χ0) is 20.1. The molecule has 1 aliphatic heterocycles. The molecule has 1 amide bonds. The molecule has 1 aliphatic rings. The van der Waals surface area contributed by atoms with Crippen molar-refractivity contribution in [2.24, 2.45) is 0 Å². The van der Waals surface area contributed by atoms with Crippen LogP contribution in [0.1, 0.15) is 42.3 Å². The molecule has 2 unspecified atom stereocenters. The van der Waals surface area contributed by atoms with Crippen molar-refractivity contribution in [1.82, 2.24) is 9.80 Å². The second kappa shape index (κ2) is 9.55. The molecule has 4 nitrogen and oxygen atoms in total. The first-order valence-electron chi connectivity index (χ1n) is 9.95. The molecule has 2 aromatic carbocycles. The molecule has 1 heterocycles. The van der Waals surface area contributed by atoms with Crippen molar-refractivity contribution in [3.63, 3.8) is 0 Å². The first-order valence-corrected chi connectivity index (χ1v) is 10.3. The van der Waals surface area contributed by atoms with Gasteiger partial charge in [0, 0.05) is 43.3 Å². The second-order valence-electron chi connectivity index (χ2n) is 7.56. The Hall–Kier alpha value is -1.88. The number of ether oxygens (including phenoxy) is 1. The smallest absolute Gasteiger partial charge is 0.254 e. The van der Waals surface area contributed by atoms with Gasteiger partial charge in [0.15, 0.2) is 0 Å². The van der Waals surface area contributed by atoms with Crippen LogP contribution in [-0.2, 0) is 17.8 Å². The highest BCUT2D eigenvalue weighted by atomic mass is 35.5. The average molecular weight is 401 g/mol. The Morgan fingerprint density at radius 2 is 1.75 bits per heavy atom. The van der Waals surface area contributed by atoms with Gasteiger partial charge in [-0.3, -0.25) is 9.69 Å². The van der Waals surface area contributed by atoms with Crippen LogP contribution in [0.5, 0.6) is 0 Å². The lowest BCUT2D eigenvalue weighted by Crippen LogP contribution is -2.44. The molecule has 1 saturated heterocycles. The van der Waals surface area contributed by atoms with Crippen molar-refractivity contribution in [3.05, 3.63) is 70.2 Å². The number of morpholine rings is 1. The van der Waals surface area contributed by atoms with Gasteiger partial charge in [-0.05, 0) is 50.1 Å². The third-order valence-electron chi connectivity index (χ3n) is 5.09. The summed E-state index contributed by atoms with van der Waals surface area (Å²) in [7, 11) is 0. The quantitative estimate of drug-likeness (QED) is 0.709. The summed E-state index contributed by atoms with van der Waals surface area (Å²) in [5.74, 6) is 0.0302. The van der Waals surface area contributed by atoms with E-state index >= 15 is 0 Å². The van der Waals surface area contributed by atoms with Gasteiger partial charge in [0.1, 0.15) is 0 Å². The van der Waals surface area contributed by atoms with Gasteiger partial charge in [0.25, 0.3) is 5.91 Å². The fourth-order valence-corrected chi connectivity index (χ4v) is 3.96. The minimum atomic E-state index is 0.0302. The predicted molar refractivity (Wildman–Crippen MR) is 114 cm³/mol. The zero-order valence-electron chi connectivity index (χ0n) is 16.9. The number of rotatable bonds is 6. The number of hydrogen-bond acceptors (Lipinski definition) is 3. The number of halogens is 1. The fraction of sp³-hybridized carbons (Fsp3) is 0.435. The van der Waals surface area contributed by atoms with Crippen LogP contribution in [0.3, 0.4) is 0 Å². The first kappa shape index (κ1) is 20.8. The summed E-state index contributed by atoms with van der Waals surface area (Å²) in [6.45, 7) is 10.1. The van der Waals surface area contributed by atoms with Gasteiger partial charge in [-0.15, -0.1) is 0 Å². The van der Waals surface area contributed by atoms with E-state index in [0.717, 1.165) is 25.2 Å². The third kappa shape index (κ3) is 5.34. The SMILES string of the molecule is CCN(Cc1ccccc1Cl)C(=O)c1ccc(CN2CC(C)OC(C)C2)cc1. The summed E-state index contributed by atoms with van der Waals surface area (Å²) in [5.41, 5.74) is 2.89. The Morgan fingerprint density at radius 3 is 2.36 bits per heavy atom. The van der Waals surface area contributed by atoms with Gasteiger partial charge in [0.2, 0.25) is 0 Å². The summed E-state index contributed by atoms with van der Waals surface area (Å²) in [6.07, 6.45) is 0.514. The van der Waals surface area contributed by atoms with Crippen LogP contribution in [0.15, 0.2) is 48.5 Å². The molecule has 0 aliphatic carbocycles. The highest BCUT2D eigenvalue weighted by molar-refractivity contribution is 6.31. The molecule has 2 aromatic rings. The van der Waals surface area contributed by atoms with Crippen molar-refractivity contribution in [3.8, 4) is 0 Å². The van der Waals surface area contributed by atoms with Crippen molar-refractivity contribution in [2.45, 2.75) is 46.1 Å². The molecule has 0 spiro atoms. The monoisotopic (exact) mass is 400 g/mol. The van der Waals surface area contributed by atoms with E-state index in [-0.39, 0.29) is 18.1 Å². The standard InChI is InChI=1S/C23H29ClN2O2/c1-4-26(16-21-7-5-6-8-22(21)24)23(27)20-11-9-19(10-12-20)15-25-13-17(2)28-18(3)14-25/h5-12,17-18H,4,13-16H2,1-3H3. The third-order valence-corrected chi connectivity index (χ3v) is 5.46. The highest BCUT2D eigenvalue weighted by Crippen LogP contribution is 2.19. The van der Waals surface area contributed by atoms with Crippen molar-refractivity contribution in [2.75, 3.05) is 19.6 Å². The van der Waals surface area contributed by atoms with Gasteiger partial charge in [-0.2, -0.15) is 0 Å². The van der Waals surface area contributed by atoms with Crippen molar-refractivity contribution < 1.29 is 9.53 Å². The summed E-state index contributed by atoms with van der Waals surface area (Å²) >= 11 is 6.26. The van der Waals surface area contributed by atoms with E-state index in [2.05, 4.69) is 30.9 Å². The maximum Gasteiger partial charge on any atom is 0.254 e. The number of hydrogen-bond donors (Lipinski definition) is 0. The van der Waals surface area contributed by atoms with E-state index in [0.29, 0.717) is 23.7 Å². The van der Waals surface area contributed by atoms with E-state index in [1.807, 2.05) is 48.2 Å². The second-order valence-corrected chi connectivity index (χ2v) is 7.97. The van der Waals surface area contributed by atoms with Gasteiger partial charge in [0.05, 0.1) is 12.2 Å². The summed E-state index contributed by atoms with van der Waals surface area (Å²) < 4.78 is 5.80. The number of carbonyl (C=O) groups excluding carboxylic acids is 1. The molecule has 5 heteroatoms. The molecule has 150 valence electrons. The Balaban J connectivity index is 1.64. The van der Waals surface area contributed by atoms with E-state index in [1.54, 1.807) is 0 Å². The molecule has 1 fully saturated rings. The maximum atomic E-state index is 12.9. The average Bonchev–Trinajstić information content (AvgIpc) is 2.67. The topological polar surface area (TPSA) is 32.8 Å². The summed E-state index contributed by atoms with van der Waals surface area (Å²) in [4.78, 5) is 17.2. The van der Waals surface area contributed by atoms with Crippen LogP contribution >= 0.6 is 11.6 Å². The summed E-state index contributed by atoms with van der Waals surface area (Å²) in [5, 5.41) is 0.693. The van der Waals surface area contributed by atoms with Crippen LogP contribution in [-0.4, -0.2) is 47.5 Å². The van der Waals surface area contributed by atoms with Crippen LogP contribution in [0.4, 0.5) is 0 Å². The number of benzene rings is 2. The lowest BCUT2D eigenvalue weighted by molar-refractivity contribution is -0.0704. The number of nitrogens with zero attached hydrogens (tertiary/aromatic N) is 2. The molecule has 0 aromatic heterocycles. The first-order chi connectivity index (χ1) is 13.5. The molecule has 0 N–H and O–H groups in total.